The molecular formula is C18H24N2O2. The molecule has 22 heavy (non-hydrogen) atoms. The Hall–Kier alpha value is -1.84. The molecule has 2 atom stereocenters. The average Bonchev–Trinajstić information content (AvgIpc) is 3.35. The van der Waals surface area contributed by atoms with Crippen LogP contribution in [0.3, 0.4) is 0 Å². The summed E-state index contributed by atoms with van der Waals surface area (Å²) < 4.78 is 0. The number of hydrogen-bond donors (Lipinski definition) is 1. The second-order valence-corrected chi connectivity index (χ2v) is 6.49. The van der Waals surface area contributed by atoms with Crippen molar-refractivity contribution in [3.8, 4) is 0 Å². The number of nitrogens with zero attached hydrogens (tertiary/aromatic N) is 1. The monoisotopic (exact) mass is 300 g/mol. The van der Waals surface area contributed by atoms with E-state index in [1.54, 1.807) is 4.90 Å². The van der Waals surface area contributed by atoms with Gasteiger partial charge in [-0.25, -0.2) is 0 Å². The Morgan fingerprint density at radius 3 is 2.59 bits per heavy atom. The van der Waals surface area contributed by atoms with Gasteiger partial charge in [0.25, 0.3) is 0 Å². The van der Waals surface area contributed by atoms with E-state index in [0.29, 0.717) is 18.9 Å². The van der Waals surface area contributed by atoms with Gasteiger partial charge in [-0.2, -0.15) is 0 Å². The molecule has 1 aliphatic carbocycles. The van der Waals surface area contributed by atoms with Crippen LogP contribution in [0.1, 0.15) is 50.6 Å². The summed E-state index contributed by atoms with van der Waals surface area (Å²) in [6.45, 7) is 2.74. The Labute approximate surface area is 131 Å². The van der Waals surface area contributed by atoms with Gasteiger partial charge in [-0.05, 0) is 44.1 Å². The van der Waals surface area contributed by atoms with Crippen LogP contribution in [0.25, 0.3) is 0 Å². The van der Waals surface area contributed by atoms with Gasteiger partial charge in [0.15, 0.2) is 0 Å². The molecular weight excluding hydrogens is 276 g/mol. The van der Waals surface area contributed by atoms with Crippen LogP contribution in [0.15, 0.2) is 30.3 Å². The lowest BCUT2D eigenvalue weighted by Crippen LogP contribution is -2.48. The lowest BCUT2D eigenvalue weighted by molar-refractivity contribution is -0.143. The average molecular weight is 300 g/mol. The fourth-order valence-electron chi connectivity index (χ4n) is 3.23. The molecule has 3 rings (SSSR count). The van der Waals surface area contributed by atoms with Crippen molar-refractivity contribution in [2.45, 2.75) is 51.1 Å². The summed E-state index contributed by atoms with van der Waals surface area (Å²) in [6.07, 6.45) is 4.84. The minimum Gasteiger partial charge on any atom is -0.351 e. The van der Waals surface area contributed by atoms with Gasteiger partial charge in [-0.3, -0.25) is 9.59 Å². The number of carbonyl (C=O) groups excluding carboxylic acids is 2. The first-order valence-corrected chi connectivity index (χ1v) is 8.31. The van der Waals surface area contributed by atoms with Crippen molar-refractivity contribution in [3.63, 3.8) is 0 Å². The highest BCUT2D eigenvalue weighted by Gasteiger charge is 2.35. The van der Waals surface area contributed by atoms with E-state index < -0.39 is 6.04 Å². The molecule has 1 saturated carbocycles. The second kappa shape index (κ2) is 6.51. The molecule has 1 aromatic carbocycles. The molecule has 2 unspecified atom stereocenters. The number of amides is 2. The van der Waals surface area contributed by atoms with E-state index in [9.17, 15) is 9.59 Å². The molecule has 0 bridgehead atoms. The van der Waals surface area contributed by atoms with E-state index in [2.05, 4.69) is 12.2 Å². The van der Waals surface area contributed by atoms with Crippen molar-refractivity contribution in [2.75, 3.05) is 6.54 Å². The molecule has 0 spiro atoms. The zero-order chi connectivity index (χ0) is 15.5. The number of rotatable bonds is 5. The molecule has 1 N–H and O–H groups in total. The highest BCUT2D eigenvalue weighted by Crippen LogP contribution is 2.33. The summed E-state index contributed by atoms with van der Waals surface area (Å²) in [4.78, 5) is 26.9. The third-order valence-corrected chi connectivity index (χ3v) is 4.73. The summed E-state index contributed by atoms with van der Waals surface area (Å²) in [5, 5.41) is 3.13. The minimum absolute atomic E-state index is 0.0409. The maximum atomic E-state index is 12.8. The van der Waals surface area contributed by atoms with Crippen molar-refractivity contribution in [1.29, 1.82) is 0 Å². The maximum Gasteiger partial charge on any atom is 0.247 e. The van der Waals surface area contributed by atoms with Crippen LogP contribution < -0.4 is 5.32 Å². The van der Waals surface area contributed by atoms with Crippen LogP contribution in [0, 0.1) is 5.92 Å². The predicted molar refractivity (Wildman–Crippen MR) is 85.1 cm³/mol. The normalized spacial score (nSPS) is 21.3. The topological polar surface area (TPSA) is 49.4 Å². The van der Waals surface area contributed by atoms with E-state index in [0.717, 1.165) is 18.4 Å². The van der Waals surface area contributed by atoms with Gasteiger partial charge < -0.3 is 10.2 Å². The van der Waals surface area contributed by atoms with Crippen LogP contribution in [0.5, 0.6) is 0 Å². The number of hydrogen-bond acceptors (Lipinski definition) is 2. The van der Waals surface area contributed by atoms with Gasteiger partial charge in [0.05, 0.1) is 0 Å². The lowest BCUT2D eigenvalue weighted by Gasteiger charge is -2.34. The van der Waals surface area contributed by atoms with E-state index in [4.69, 9.17) is 0 Å². The van der Waals surface area contributed by atoms with Gasteiger partial charge in [0, 0.05) is 19.0 Å². The summed E-state index contributed by atoms with van der Waals surface area (Å²) in [5.74, 6) is 0.660. The Bertz CT molecular complexity index is 539. The van der Waals surface area contributed by atoms with Crippen molar-refractivity contribution >= 4 is 11.8 Å². The van der Waals surface area contributed by atoms with E-state index in [1.807, 2.05) is 30.3 Å². The van der Waals surface area contributed by atoms with Crippen molar-refractivity contribution in [2.24, 2.45) is 5.92 Å². The Morgan fingerprint density at radius 2 is 1.95 bits per heavy atom. The first-order chi connectivity index (χ1) is 10.7. The zero-order valence-electron chi connectivity index (χ0n) is 13.1. The SMILES string of the molecule is CC(NC(=O)C(c1ccccc1)N1CCCCC1=O)C1CC1. The summed E-state index contributed by atoms with van der Waals surface area (Å²) >= 11 is 0. The fraction of sp³-hybridized carbons (Fsp3) is 0.556. The predicted octanol–water partition coefficient (Wildman–Crippen LogP) is 2.65. The van der Waals surface area contributed by atoms with Gasteiger partial charge in [0.1, 0.15) is 6.04 Å². The van der Waals surface area contributed by atoms with Crippen molar-refractivity contribution in [3.05, 3.63) is 35.9 Å². The smallest absolute Gasteiger partial charge is 0.247 e. The zero-order valence-corrected chi connectivity index (χ0v) is 13.1. The van der Waals surface area contributed by atoms with Crippen LogP contribution >= 0.6 is 0 Å². The molecule has 2 amide bonds. The van der Waals surface area contributed by atoms with Crippen molar-refractivity contribution < 1.29 is 9.59 Å². The standard InChI is InChI=1S/C18H24N2O2/c1-13(14-10-11-14)19-18(22)17(15-7-3-2-4-8-15)20-12-6-5-9-16(20)21/h2-4,7-8,13-14,17H,5-6,9-12H2,1H3,(H,19,22). The molecule has 118 valence electrons. The summed E-state index contributed by atoms with van der Waals surface area (Å²) in [6, 6.07) is 9.36. The van der Waals surface area contributed by atoms with Gasteiger partial charge in [-0.1, -0.05) is 30.3 Å². The second-order valence-electron chi connectivity index (χ2n) is 6.49. The molecule has 2 aliphatic rings. The van der Waals surface area contributed by atoms with E-state index in [1.165, 1.54) is 12.8 Å². The van der Waals surface area contributed by atoms with E-state index >= 15 is 0 Å². The molecule has 1 heterocycles. The van der Waals surface area contributed by atoms with Crippen molar-refractivity contribution in [1.82, 2.24) is 10.2 Å². The fourth-order valence-corrected chi connectivity index (χ4v) is 3.23. The van der Waals surface area contributed by atoms with Crippen LogP contribution in [-0.2, 0) is 9.59 Å². The maximum absolute atomic E-state index is 12.8. The quantitative estimate of drug-likeness (QED) is 0.909. The molecule has 1 aliphatic heterocycles. The number of piperidine rings is 1. The number of nitrogens with one attached hydrogen (secondary N) is 1. The van der Waals surface area contributed by atoms with Crippen LogP contribution in [-0.4, -0.2) is 29.3 Å². The molecule has 1 aromatic rings. The number of benzene rings is 1. The summed E-state index contributed by atoms with van der Waals surface area (Å²) in [7, 11) is 0. The Kier molecular flexibility index (Phi) is 4.46. The minimum atomic E-state index is -0.491. The third-order valence-electron chi connectivity index (χ3n) is 4.73. The molecule has 1 saturated heterocycles. The highest BCUT2D eigenvalue weighted by molar-refractivity contribution is 5.89. The molecule has 4 nitrogen and oxygen atoms in total. The number of likely N-dealkylation sites (tertiary alicyclic amines) is 1. The molecule has 2 fully saturated rings. The van der Waals surface area contributed by atoms with Gasteiger partial charge in [-0.15, -0.1) is 0 Å². The van der Waals surface area contributed by atoms with E-state index in [-0.39, 0.29) is 17.9 Å². The largest absolute Gasteiger partial charge is 0.351 e. The first-order valence-electron chi connectivity index (χ1n) is 8.31. The number of carbonyl (C=O) groups is 2. The van der Waals surface area contributed by atoms with Gasteiger partial charge >= 0.3 is 0 Å². The lowest BCUT2D eigenvalue weighted by atomic mass is 10.00. The van der Waals surface area contributed by atoms with Crippen LogP contribution in [0.2, 0.25) is 0 Å². The molecule has 4 heteroatoms. The van der Waals surface area contributed by atoms with Crippen LogP contribution in [0.4, 0.5) is 0 Å². The Morgan fingerprint density at radius 1 is 1.23 bits per heavy atom. The summed E-state index contributed by atoms with van der Waals surface area (Å²) in [5.41, 5.74) is 0.901. The molecule has 0 aromatic heterocycles. The third kappa shape index (κ3) is 3.32. The first kappa shape index (κ1) is 15.1. The molecule has 0 radical (unpaired) electrons. The van der Waals surface area contributed by atoms with Gasteiger partial charge in [0.2, 0.25) is 11.8 Å². The highest BCUT2D eigenvalue weighted by atomic mass is 16.2. The Balaban J connectivity index is 1.81.